The van der Waals surface area contributed by atoms with E-state index < -0.39 is 0 Å². The number of nitrogens with zero attached hydrogens (tertiary/aromatic N) is 2. The highest BCUT2D eigenvalue weighted by Crippen LogP contribution is 2.22. The average Bonchev–Trinajstić information content (AvgIpc) is 2.29. The highest BCUT2D eigenvalue weighted by atomic mass is 15.0. The zero-order valence-corrected chi connectivity index (χ0v) is 9.38. The molecule has 1 aliphatic rings. The molecule has 0 amide bonds. The Hall–Kier alpha value is -1.16. The lowest BCUT2D eigenvalue weighted by Crippen LogP contribution is -2.27. The fourth-order valence-electron chi connectivity index (χ4n) is 2.00. The van der Waals surface area contributed by atoms with Crippen molar-refractivity contribution in [1.82, 2.24) is 15.3 Å². The van der Waals surface area contributed by atoms with E-state index in [4.69, 9.17) is 0 Å². The largest absolute Gasteiger partial charge is 0.373 e. The van der Waals surface area contributed by atoms with Crippen LogP contribution in [0, 0.1) is 6.92 Å². The topological polar surface area (TPSA) is 49.8 Å². The van der Waals surface area contributed by atoms with Crippen molar-refractivity contribution in [1.29, 1.82) is 0 Å². The van der Waals surface area contributed by atoms with Crippen molar-refractivity contribution in [3.8, 4) is 0 Å². The van der Waals surface area contributed by atoms with Crippen molar-refractivity contribution in [2.24, 2.45) is 0 Å². The first-order valence-electron chi connectivity index (χ1n) is 5.56. The fourth-order valence-corrected chi connectivity index (χ4v) is 2.00. The zero-order valence-electron chi connectivity index (χ0n) is 9.38. The van der Waals surface area contributed by atoms with E-state index in [1.807, 2.05) is 20.0 Å². The second kappa shape index (κ2) is 4.57. The highest BCUT2D eigenvalue weighted by Gasteiger charge is 2.16. The van der Waals surface area contributed by atoms with Gasteiger partial charge in [0.2, 0.25) is 0 Å². The number of anilines is 1. The summed E-state index contributed by atoms with van der Waals surface area (Å²) in [6.45, 7) is 3.04. The predicted octanol–water partition coefficient (Wildman–Crippen LogP) is 1.64. The molecule has 2 heterocycles. The number of hydrogen-bond acceptors (Lipinski definition) is 4. The predicted molar refractivity (Wildman–Crippen MR) is 60.9 cm³/mol. The smallest absolute Gasteiger partial charge is 0.129 e. The van der Waals surface area contributed by atoms with Gasteiger partial charge in [0, 0.05) is 19.2 Å². The van der Waals surface area contributed by atoms with Crippen molar-refractivity contribution < 1.29 is 0 Å². The lowest BCUT2D eigenvalue weighted by atomic mass is 10.0. The molecular weight excluding hydrogens is 188 g/mol. The molecule has 1 fully saturated rings. The van der Waals surface area contributed by atoms with Crippen LogP contribution in [0.2, 0.25) is 0 Å². The molecule has 1 atom stereocenters. The van der Waals surface area contributed by atoms with Crippen molar-refractivity contribution in [3.63, 3.8) is 0 Å². The number of rotatable bonds is 2. The highest BCUT2D eigenvalue weighted by molar-refractivity contribution is 5.36. The van der Waals surface area contributed by atoms with E-state index in [9.17, 15) is 0 Å². The van der Waals surface area contributed by atoms with Gasteiger partial charge in [0.05, 0.1) is 5.69 Å². The minimum absolute atomic E-state index is 0.410. The van der Waals surface area contributed by atoms with Crippen molar-refractivity contribution >= 4 is 5.82 Å². The van der Waals surface area contributed by atoms with E-state index in [-0.39, 0.29) is 0 Å². The van der Waals surface area contributed by atoms with Gasteiger partial charge in [-0.15, -0.1) is 0 Å². The average molecular weight is 206 g/mol. The quantitative estimate of drug-likeness (QED) is 0.772. The van der Waals surface area contributed by atoms with E-state index in [2.05, 4.69) is 20.6 Å². The Labute approximate surface area is 90.5 Å². The summed E-state index contributed by atoms with van der Waals surface area (Å²) in [5.41, 5.74) is 1.12. The summed E-state index contributed by atoms with van der Waals surface area (Å²) in [5, 5.41) is 6.56. The van der Waals surface area contributed by atoms with Gasteiger partial charge < -0.3 is 10.6 Å². The summed E-state index contributed by atoms with van der Waals surface area (Å²) in [7, 11) is 1.89. The lowest BCUT2D eigenvalue weighted by molar-refractivity contribution is 0.404. The molecule has 0 saturated carbocycles. The normalized spacial score (nSPS) is 21.3. The van der Waals surface area contributed by atoms with Crippen molar-refractivity contribution in [2.45, 2.75) is 32.2 Å². The van der Waals surface area contributed by atoms with Gasteiger partial charge in [-0.2, -0.15) is 0 Å². The van der Waals surface area contributed by atoms with Crippen molar-refractivity contribution in [3.05, 3.63) is 17.6 Å². The Kier molecular flexibility index (Phi) is 3.16. The maximum absolute atomic E-state index is 4.49. The number of piperidine rings is 1. The molecule has 0 bridgehead atoms. The van der Waals surface area contributed by atoms with Crippen LogP contribution in [0.3, 0.4) is 0 Å². The Morgan fingerprint density at radius 3 is 2.93 bits per heavy atom. The first kappa shape index (κ1) is 10.4. The Bertz CT molecular complexity index is 331. The molecule has 4 heteroatoms. The Balaban J connectivity index is 2.22. The molecule has 1 aliphatic heterocycles. The third-order valence-electron chi connectivity index (χ3n) is 2.78. The third-order valence-corrected chi connectivity index (χ3v) is 2.78. The molecule has 1 saturated heterocycles. The standard InChI is InChI=1S/C11H18N4/c1-8-14-10(7-11(12-2)15-8)9-5-3-4-6-13-9/h7,9,13H,3-6H2,1-2H3,(H,12,14,15)/t9-/m0/s1. The second-order valence-corrected chi connectivity index (χ2v) is 3.98. The number of nitrogens with one attached hydrogen (secondary N) is 2. The molecule has 0 radical (unpaired) electrons. The van der Waals surface area contributed by atoms with Gasteiger partial charge in [-0.3, -0.25) is 0 Å². The summed E-state index contributed by atoms with van der Waals surface area (Å²) in [5.74, 6) is 1.74. The molecule has 15 heavy (non-hydrogen) atoms. The van der Waals surface area contributed by atoms with E-state index in [0.29, 0.717) is 6.04 Å². The van der Waals surface area contributed by atoms with E-state index in [1.54, 1.807) is 0 Å². The molecule has 0 aromatic carbocycles. The number of aryl methyl sites for hydroxylation is 1. The summed E-state index contributed by atoms with van der Waals surface area (Å²) >= 11 is 0. The fraction of sp³-hybridized carbons (Fsp3) is 0.636. The Morgan fingerprint density at radius 2 is 2.27 bits per heavy atom. The lowest BCUT2D eigenvalue weighted by Gasteiger charge is -2.23. The molecule has 82 valence electrons. The molecule has 1 aromatic rings. The van der Waals surface area contributed by atoms with E-state index >= 15 is 0 Å². The van der Waals surface area contributed by atoms with Crippen LogP contribution in [0.5, 0.6) is 0 Å². The monoisotopic (exact) mass is 206 g/mol. The van der Waals surface area contributed by atoms with Gasteiger partial charge in [0.25, 0.3) is 0 Å². The SMILES string of the molecule is CNc1cc([C@@H]2CCCCN2)nc(C)n1. The molecule has 2 rings (SSSR count). The first-order valence-corrected chi connectivity index (χ1v) is 5.56. The second-order valence-electron chi connectivity index (χ2n) is 3.98. The van der Waals surface area contributed by atoms with Crippen LogP contribution in [0.4, 0.5) is 5.82 Å². The van der Waals surface area contributed by atoms with E-state index in [1.165, 1.54) is 19.3 Å². The van der Waals surface area contributed by atoms with Crippen LogP contribution in [0.25, 0.3) is 0 Å². The van der Waals surface area contributed by atoms with Gasteiger partial charge in [0.15, 0.2) is 0 Å². The molecule has 0 aliphatic carbocycles. The summed E-state index contributed by atoms with van der Waals surface area (Å²) in [4.78, 5) is 8.79. The third kappa shape index (κ3) is 2.45. The van der Waals surface area contributed by atoms with E-state index in [0.717, 1.165) is 23.9 Å². The maximum atomic E-state index is 4.49. The first-order chi connectivity index (χ1) is 7.29. The van der Waals surface area contributed by atoms with Gasteiger partial charge in [-0.05, 0) is 26.3 Å². The summed E-state index contributed by atoms with van der Waals surface area (Å²) in [6, 6.07) is 2.45. The van der Waals surface area contributed by atoms with Crippen LogP contribution in [-0.2, 0) is 0 Å². The van der Waals surface area contributed by atoms with Gasteiger partial charge >= 0.3 is 0 Å². The molecule has 4 nitrogen and oxygen atoms in total. The summed E-state index contributed by atoms with van der Waals surface area (Å²) < 4.78 is 0. The number of hydrogen-bond donors (Lipinski definition) is 2. The number of aromatic nitrogens is 2. The molecule has 0 unspecified atom stereocenters. The van der Waals surface area contributed by atoms with Crippen LogP contribution in [-0.4, -0.2) is 23.6 Å². The minimum Gasteiger partial charge on any atom is -0.373 e. The molecule has 0 spiro atoms. The molecule has 2 N–H and O–H groups in total. The minimum atomic E-state index is 0.410. The van der Waals surface area contributed by atoms with Crippen LogP contribution < -0.4 is 10.6 Å². The van der Waals surface area contributed by atoms with Crippen molar-refractivity contribution in [2.75, 3.05) is 18.9 Å². The Morgan fingerprint density at radius 1 is 1.40 bits per heavy atom. The van der Waals surface area contributed by atoms with Crippen LogP contribution >= 0.6 is 0 Å². The maximum Gasteiger partial charge on any atom is 0.129 e. The summed E-state index contributed by atoms with van der Waals surface area (Å²) in [6.07, 6.45) is 3.74. The van der Waals surface area contributed by atoms with Gasteiger partial charge in [-0.25, -0.2) is 9.97 Å². The van der Waals surface area contributed by atoms with Crippen LogP contribution in [0.15, 0.2) is 6.07 Å². The molecule has 1 aromatic heterocycles. The molecular formula is C11H18N4. The van der Waals surface area contributed by atoms with Gasteiger partial charge in [0.1, 0.15) is 11.6 Å². The van der Waals surface area contributed by atoms with Crippen LogP contribution in [0.1, 0.15) is 36.8 Å². The zero-order chi connectivity index (χ0) is 10.7. The van der Waals surface area contributed by atoms with Gasteiger partial charge in [-0.1, -0.05) is 6.42 Å².